The largest absolute Gasteiger partial charge is 0.314 e. The molecule has 3 heteroatoms. The summed E-state index contributed by atoms with van der Waals surface area (Å²) < 4.78 is 1.97. The van der Waals surface area contributed by atoms with Gasteiger partial charge in [-0.15, -0.1) is 0 Å². The van der Waals surface area contributed by atoms with Gasteiger partial charge >= 0.3 is 0 Å². The van der Waals surface area contributed by atoms with Gasteiger partial charge < -0.3 is 5.32 Å². The summed E-state index contributed by atoms with van der Waals surface area (Å²) in [5, 5.41) is 7.62. The Morgan fingerprint density at radius 3 is 2.85 bits per heavy atom. The summed E-state index contributed by atoms with van der Waals surface area (Å²) in [6.45, 7) is 8.42. The molecule has 0 aliphatic rings. The SMILES string of the molecule is CCNC(C)Cc1cnn(CC)c1. The van der Waals surface area contributed by atoms with Gasteiger partial charge in [0.05, 0.1) is 6.20 Å². The van der Waals surface area contributed by atoms with Crippen molar-refractivity contribution in [3.05, 3.63) is 18.0 Å². The predicted molar refractivity (Wildman–Crippen MR) is 54.7 cm³/mol. The zero-order valence-corrected chi connectivity index (χ0v) is 8.75. The van der Waals surface area contributed by atoms with Gasteiger partial charge in [-0.3, -0.25) is 4.68 Å². The zero-order chi connectivity index (χ0) is 9.68. The second-order valence-corrected chi connectivity index (χ2v) is 3.37. The number of hydrogen-bond acceptors (Lipinski definition) is 2. The van der Waals surface area contributed by atoms with Crippen molar-refractivity contribution in [3.8, 4) is 0 Å². The third-order valence-electron chi connectivity index (χ3n) is 2.11. The monoisotopic (exact) mass is 181 g/mol. The van der Waals surface area contributed by atoms with Crippen molar-refractivity contribution in [2.45, 2.75) is 39.8 Å². The van der Waals surface area contributed by atoms with Crippen LogP contribution in [0.5, 0.6) is 0 Å². The van der Waals surface area contributed by atoms with Crippen LogP contribution in [0.3, 0.4) is 0 Å². The molecule has 1 heterocycles. The molecular weight excluding hydrogens is 162 g/mol. The first kappa shape index (κ1) is 10.3. The number of aryl methyl sites for hydroxylation is 1. The van der Waals surface area contributed by atoms with E-state index in [2.05, 4.69) is 37.4 Å². The second-order valence-electron chi connectivity index (χ2n) is 3.37. The van der Waals surface area contributed by atoms with Crippen molar-refractivity contribution in [1.29, 1.82) is 0 Å². The van der Waals surface area contributed by atoms with Crippen molar-refractivity contribution in [2.24, 2.45) is 0 Å². The topological polar surface area (TPSA) is 29.9 Å². The average Bonchev–Trinajstić information content (AvgIpc) is 2.52. The van der Waals surface area contributed by atoms with E-state index < -0.39 is 0 Å². The number of likely N-dealkylation sites (N-methyl/N-ethyl adjacent to an activating group) is 1. The highest BCUT2D eigenvalue weighted by atomic mass is 15.3. The Morgan fingerprint density at radius 2 is 2.31 bits per heavy atom. The van der Waals surface area contributed by atoms with Crippen LogP contribution >= 0.6 is 0 Å². The molecule has 1 rings (SSSR count). The first-order valence-electron chi connectivity index (χ1n) is 5.01. The Hall–Kier alpha value is -0.830. The van der Waals surface area contributed by atoms with Gasteiger partial charge in [-0.25, -0.2) is 0 Å². The fourth-order valence-corrected chi connectivity index (χ4v) is 1.46. The van der Waals surface area contributed by atoms with Crippen LogP contribution in [0.2, 0.25) is 0 Å². The number of rotatable bonds is 5. The predicted octanol–water partition coefficient (Wildman–Crippen LogP) is 1.44. The van der Waals surface area contributed by atoms with Crippen LogP contribution in [0.1, 0.15) is 26.3 Å². The number of nitrogens with one attached hydrogen (secondary N) is 1. The molecule has 0 fully saturated rings. The van der Waals surface area contributed by atoms with Crippen LogP contribution in [0, 0.1) is 0 Å². The lowest BCUT2D eigenvalue weighted by Crippen LogP contribution is -2.27. The summed E-state index contributed by atoms with van der Waals surface area (Å²) in [6.07, 6.45) is 5.14. The lowest BCUT2D eigenvalue weighted by molar-refractivity contribution is 0.564. The van der Waals surface area contributed by atoms with Crippen LogP contribution in [0.15, 0.2) is 12.4 Å². The van der Waals surface area contributed by atoms with Gasteiger partial charge in [0.25, 0.3) is 0 Å². The normalized spacial score (nSPS) is 13.2. The van der Waals surface area contributed by atoms with Crippen molar-refractivity contribution in [1.82, 2.24) is 15.1 Å². The molecule has 0 amide bonds. The molecule has 0 spiro atoms. The molecular formula is C10H19N3. The Bertz CT molecular complexity index is 242. The molecule has 0 saturated carbocycles. The smallest absolute Gasteiger partial charge is 0.0522 e. The van der Waals surface area contributed by atoms with E-state index in [1.165, 1.54) is 5.56 Å². The summed E-state index contributed by atoms with van der Waals surface area (Å²) in [4.78, 5) is 0. The first-order valence-corrected chi connectivity index (χ1v) is 5.01. The molecule has 1 atom stereocenters. The number of nitrogens with zero attached hydrogens (tertiary/aromatic N) is 2. The van der Waals surface area contributed by atoms with E-state index in [-0.39, 0.29) is 0 Å². The summed E-state index contributed by atoms with van der Waals surface area (Å²) in [6, 6.07) is 0.541. The van der Waals surface area contributed by atoms with Gasteiger partial charge in [0.1, 0.15) is 0 Å². The van der Waals surface area contributed by atoms with E-state index in [1.807, 2.05) is 10.9 Å². The molecule has 1 unspecified atom stereocenters. The first-order chi connectivity index (χ1) is 6.26. The highest BCUT2D eigenvalue weighted by molar-refractivity contribution is 5.05. The molecule has 0 aromatic carbocycles. The van der Waals surface area contributed by atoms with E-state index in [0.717, 1.165) is 19.5 Å². The molecule has 0 bridgehead atoms. The summed E-state index contributed by atoms with van der Waals surface area (Å²) in [7, 11) is 0. The minimum atomic E-state index is 0.541. The van der Waals surface area contributed by atoms with E-state index >= 15 is 0 Å². The lowest BCUT2D eigenvalue weighted by Gasteiger charge is -2.09. The third-order valence-corrected chi connectivity index (χ3v) is 2.11. The lowest BCUT2D eigenvalue weighted by atomic mass is 10.1. The van der Waals surface area contributed by atoms with E-state index in [4.69, 9.17) is 0 Å². The Labute approximate surface area is 80.1 Å². The van der Waals surface area contributed by atoms with E-state index in [9.17, 15) is 0 Å². The molecule has 0 saturated heterocycles. The molecule has 0 radical (unpaired) electrons. The van der Waals surface area contributed by atoms with Gasteiger partial charge in [-0.1, -0.05) is 6.92 Å². The summed E-state index contributed by atoms with van der Waals surface area (Å²) >= 11 is 0. The molecule has 1 N–H and O–H groups in total. The van der Waals surface area contributed by atoms with Crippen LogP contribution in [0.25, 0.3) is 0 Å². The molecule has 0 aliphatic heterocycles. The molecule has 1 aromatic heterocycles. The van der Waals surface area contributed by atoms with Gasteiger partial charge in [0, 0.05) is 18.8 Å². The van der Waals surface area contributed by atoms with Gasteiger partial charge in [0.2, 0.25) is 0 Å². The summed E-state index contributed by atoms with van der Waals surface area (Å²) in [5.74, 6) is 0. The maximum atomic E-state index is 4.24. The van der Waals surface area contributed by atoms with Crippen LogP contribution in [-0.4, -0.2) is 22.4 Å². The highest BCUT2D eigenvalue weighted by Gasteiger charge is 2.03. The Kier molecular flexibility index (Phi) is 3.96. The van der Waals surface area contributed by atoms with Crippen LogP contribution < -0.4 is 5.32 Å². The second kappa shape index (κ2) is 5.02. The highest BCUT2D eigenvalue weighted by Crippen LogP contribution is 2.01. The van der Waals surface area contributed by atoms with Crippen molar-refractivity contribution in [2.75, 3.05) is 6.54 Å². The van der Waals surface area contributed by atoms with E-state index in [0.29, 0.717) is 6.04 Å². The van der Waals surface area contributed by atoms with Crippen molar-refractivity contribution < 1.29 is 0 Å². The van der Waals surface area contributed by atoms with E-state index in [1.54, 1.807) is 0 Å². The van der Waals surface area contributed by atoms with Gasteiger partial charge in [-0.2, -0.15) is 5.10 Å². The third kappa shape index (κ3) is 3.19. The molecule has 3 nitrogen and oxygen atoms in total. The molecule has 74 valence electrons. The summed E-state index contributed by atoms with van der Waals surface area (Å²) in [5.41, 5.74) is 1.32. The average molecular weight is 181 g/mol. The van der Waals surface area contributed by atoms with Crippen molar-refractivity contribution >= 4 is 0 Å². The molecule has 1 aromatic rings. The fourth-order valence-electron chi connectivity index (χ4n) is 1.46. The van der Waals surface area contributed by atoms with Crippen LogP contribution in [0.4, 0.5) is 0 Å². The van der Waals surface area contributed by atoms with Gasteiger partial charge in [-0.05, 0) is 32.4 Å². The quantitative estimate of drug-likeness (QED) is 0.745. The fraction of sp³-hybridized carbons (Fsp3) is 0.700. The Balaban J connectivity index is 2.44. The zero-order valence-electron chi connectivity index (χ0n) is 8.75. The Morgan fingerprint density at radius 1 is 1.54 bits per heavy atom. The standard InChI is InChI=1S/C10H19N3/c1-4-11-9(3)6-10-7-12-13(5-2)8-10/h7-9,11H,4-6H2,1-3H3. The maximum absolute atomic E-state index is 4.24. The minimum Gasteiger partial charge on any atom is -0.314 e. The minimum absolute atomic E-state index is 0.541. The van der Waals surface area contributed by atoms with Crippen LogP contribution in [-0.2, 0) is 13.0 Å². The molecule has 0 aliphatic carbocycles. The number of hydrogen-bond donors (Lipinski definition) is 1. The van der Waals surface area contributed by atoms with Gasteiger partial charge in [0.15, 0.2) is 0 Å². The maximum Gasteiger partial charge on any atom is 0.0522 e. The molecule has 13 heavy (non-hydrogen) atoms. The van der Waals surface area contributed by atoms with Crippen molar-refractivity contribution in [3.63, 3.8) is 0 Å². The number of aromatic nitrogens is 2.